The normalized spacial score (nSPS) is 18.4. The van der Waals surface area contributed by atoms with E-state index in [1.807, 2.05) is 17.0 Å². The lowest BCUT2D eigenvalue weighted by Gasteiger charge is -2.39. The number of nitrogens with zero attached hydrogens (tertiary/aromatic N) is 1. The fourth-order valence-electron chi connectivity index (χ4n) is 2.49. The van der Waals surface area contributed by atoms with Gasteiger partial charge in [0.25, 0.3) is 5.91 Å². The number of amides is 1. The SMILES string of the molecule is CCC1(C)CCN(C(=O)c2cc(Br)ccc2N)CC1. The van der Waals surface area contributed by atoms with Crippen molar-refractivity contribution >= 4 is 27.5 Å². The smallest absolute Gasteiger partial charge is 0.255 e. The molecule has 2 rings (SSSR count). The van der Waals surface area contributed by atoms with Gasteiger partial charge in [0.2, 0.25) is 0 Å². The summed E-state index contributed by atoms with van der Waals surface area (Å²) in [6, 6.07) is 5.44. The van der Waals surface area contributed by atoms with Crippen LogP contribution in [0.15, 0.2) is 22.7 Å². The number of halogens is 1. The number of carbonyl (C=O) groups is 1. The summed E-state index contributed by atoms with van der Waals surface area (Å²) in [5.74, 6) is 0.0527. The van der Waals surface area contributed by atoms with Crippen molar-refractivity contribution in [2.24, 2.45) is 5.41 Å². The van der Waals surface area contributed by atoms with E-state index in [9.17, 15) is 4.79 Å². The molecule has 1 aliphatic rings. The summed E-state index contributed by atoms with van der Waals surface area (Å²) in [6.45, 7) is 6.19. The Kier molecular flexibility index (Phi) is 4.19. The number of nitrogens with two attached hydrogens (primary N) is 1. The summed E-state index contributed by atoms with van der Waals surface area (Å²) >= 11 is 3.39. The van der Waals surface area contributed by atoms with E-state index in [4.69, 9.17) is 5.73 Å². The number of benzene rings is 1. The Labute approximate surface area is 123 Å². The number of rotatable bonds is 2. The van der Waals surface area contributed by atoms with Crippen LogP contribution in [0.3, 0.4) is 0 Å². The van der Waals surface area contributed by atoms with Crippen molar-refractivity contribution in [3.8, 4) is 0 Å². The molecule has 0 spiro atoms. The molecule has 19 heavy (non-hydrogen) atoms. The summed E-state index contributed by atoms with van der Waals surface area (Å²) in [4.78, 5) is 14.4. The Hall–Kier alpha value is -1.03. The molecule has 0 radical (unpaired) electrons. The van der Waals surface area contributed by atoms with Crippen molar-refractivity contribution in [1.82, 2.24) is 4.90 Å². The van der Waals surface area contributed by atoms with Crippen LogP contribution in [-0.2, 0) is 0 Å². The highest BCUT2D eigenvalue weighted by Crippen LogP contribution is 2.34. The third-order valence-corrected chi connectivity index (χ3v) is 4.85. The Bertz CT molecular complexity index is 479. The van der Waals surface area contributed by atoms with E-state index in [2.05, 4.69) is 29.8 Å². The van der Waals surface area contributed by atoms with Crippen molar-refractivity contribution in [2.45, 2.75) is 33.1 Å². The molecule has 1 heterocycles. The first-order valence-corrected chi connectivity index (χ1v) is 7.59. The minimum absolute atomic E-state index is 0.0527. The highest BCUT2D eigenvalue weighted by atomic mass is 79.9. The van der Waals surface area contributed by atoms with E-state index < -0.39 is 0 Å². The minimum atomic E-state index is 0.0527. The predicted molar refractivity (Wildman–Crippen MR) is 82.1 cm³/mol. The molecule has 0 unspecified atom stereocenters. The second-order valence-corrected chi connectivity index (χ2v) is 6.60. The average molecular weight is 325 g/mol. The highest BCUT2D eigenvalue weighted by molar-refractivity contribution is 9.10. The van der Waals surface area contributed by atoms with Crippen LogP contribution in [0.1, 0.15) is 43.5 Å². The molecule has 0 bridgehead atoms. The lowest BCUT2D eigenvalue weighted by atomic mass is 9.78. The maximum Gasteiger partial charge on any atom is 0.255 e. The summed E-state index contributed by atoms with van der Waals surface area (Å²) in [7, 11) is 0. The first-order chi connectivity index (χ1) is 8.95. The minimum Gasteiger partial charge on any atom is -0.398 e. The van der Waals surface area contributed by atoms with Crippen molar-refractivity contribution in [3.05, 3.63) is 28.2 Å². The van der Waals surface area contributed by atoms with Crippen LogP contribution < -0.4 is 5.73 Å². The van der Waals surface area contributed by atoms with E-state index >= 15 is 0 Å². The van der Waals surface area contributed by atoms with E-state index in [-0.39, 0.29) is 5.91 Å². The molecule has 0 aromatic heterocycles. The van der Waals surface area contributed by atoms with Gasteiger partial charge >= 0.3 is 0 Å². The van der Waals surface area contributed by atoms with Gasteiger partial charge in [0.05, 0.1) is 5.56 Å². The summed E-state index contributed by atoms with van der Waals surface area (Å²) < 4.78 is 0.889. The fourth-order valence-corrected chi connectivity index (χ4v) is 2.85. The summed E-state index contributed by atoms with van der Waals surface area (Å²) in [5.41, 5.74) is 7.46. The zero-order valence-electron chi connectivity index (χ0n) is 11.6. The van der Waals surface area contributed by atoms with E-state index in [0.717, 1.165) is 30.4 Å². The molecular weight excluding hydrogens is 304 g/mol. The first kappa shape index (κ1) is 14.4. The quantitative estimate of drug-likeness (QED) is 0.843. The monoisotopic (exact) mass is 324 g/mol. The molecule has 2 N–H and O–H groups in total. The first-order valence-electron chi connectivity index (χ1n) is 6.79. The number of piperidine rings is 1. The third-order valence-electron chi connectivity index (χ3n) is 4.36. The molecule has 3 nitrogen and oxygen atoms in total. The molecule has 0 saturated carbocycles. The molecular formula is C15H21BrN2O. The zero-order chi connectivity index (χ0) is 14.0. The van der Waals surface area contributed by atoms with Gasteiger partial charge in [-0.25, -0.2) is 0 Å². The van der Waals surface area contributed by atoms with Crippen molar-refractivity contribution < 1.29 is 4.79 Å². The van der Waals surface area contributed by atoms with Crippen molar-refractivity contribution in [3.63, 3.8) is 0 Å². The second-order valence-electron chi connectivity index (χ2n) is 5.69. The molecule has 104 valence electrons. The molecule has 1 aromatic carbocycles. The molecule has 0 atom stereocenters. The van der Waals surface area contributed by atoms with Crippen molar-refractivity contribution in [1.29, 1.82) is 0 Å². The fraction of sp³-hybridized carbons (Fsp3) is 0.533. The van der Waals surface area contributed by atoms with Gasteiger partial charge in [-0.2, -0.15) is 0 Å². The van der Waals surface area contributed by atoms with Crippen LogP contribution in [0.4, 0.5) is 5.69 Å². The van der Waals surface area contributed by atoms with Crippen LogP contribution >= 0.6 is 15.9 Å². The largest absolute Gasteiger partial charge is 0.398 e. The van der Waals surface area contributed by atoms with Gasteiger partial charge in [-0.15, -0.1) is 0 Å². The Morgan fingerprint density at radius 1 is 1.42 bits per heavy atom. The number of likely N-dealkylation sites (tertiary alicyclic amines) is 1. The highest BCUT2D eigenvalue weighted by Gasteiger charge is 2.31. The van der Waals surface area contributed by atoms with Crippen LogP contribution in [0.5, 0.6) is 0 Å². The van der Waals surface area contributed by atoms with E-state index in [1.54, 1.807) is 6.07 Å². The number of hydrogen-bond donors (Lipinski definition) is 1. The van der Waals surface area contributed by atoms with Gasteiger partial charge in [-0.05, 0) is 36.5 Å². The molecule has 1 amide bonds. The zero-order valence-corrected chi connectivity index (χ0v) is 13.2. The number of carbonyl (C=O) groups excluding carboxylic acids is 1. The number of nitrogen functional groups attached to an aromatic ring is 1. The second kappa shape index (κ2) is 5.53. The standard InChI is InChI=1S/C15H21BrN2O/c1-3-15(2)6-8-18(9-7-15)14(19)12-10-11(16)4-5-13(12)17/h4-5,10H,3,6-9,17H2,1-2H3. The average Bonchev–Trinajstić information content (AvgIpc) is 2.42. The van der Waals surface area contributed by atoms with Crippen LogP contribution in [-0.4, -0.2) is 23.9 Å². The predicted octanol–water partition coefficient (Wildman–Crippen LogP) is 3.68. The van der Waals surface area contributed by atoms with E-state index in [0.29, 0.717) is 16.7 Å². The Morgan fingerprint density at radius 2 is 2.05 bits per heavy atom. The Balaban J connectivity index is 2.11. The number of anilines is 1. The molecule has 1 fully saturated rings. The third kappa shape index (κ3) is 3.11. The van der Waals surface area contributed by atoms with Crippen LogP contribution in [0, 0.1) is 5.41 Å². The summed E-state index contributed by atoms with van der Waals surface area (Å²) in [5, 5.41) is 0. The summed E-state index contributed by atoms with van der Waals surface area (Å²) in [6.07, 6.45) is 3.32. The van der Waals surface area contributed by atoms with Gasteiger partial charge in [-0.3, -0.25) is 4.79 Å². The van der Waals surface area contributed by atoms with Crippen LogP contribution in [0.2, 0.25) is 0 Å². The lowest BCUT2D eigenvalue weighted by Crippen LogP contribution is -2.42. The Morgan fingerprint density at radius 3 is 2.63 bits per heavy atom. The molecule has 1 aliphatic heterocycles. The molecule has 1 saturated heterocycles. The topological polar surface area (TPSA) is 46.3 Å². The van der Waals surface area contributed by atoms with Gasteiger partial charge in [-0.1, -0.05) is 36.2 Å². The van der Waals surface area contributed by atoms with Crippen molar-refractivity contribution in [2.75, 3.05) is 18.8 Å². The molecule has 1 aromatic rings. The maximum atomic E-state index is 12.5. The molecule has 4 heteroatoms. The van der Waals surface area contributed by atoms with Gasteiger partial charge < -0.3 is 10.6 Å². The van der Waals surface area contributed by atoms with Gasteiger partial charge in [0.15, 0.2) is 0 Å². The van der Waals surface area contributed by atoms with Crippen LogP contribution in [0.25, 0.3) is 0 Å². The molecule has 0 aliphatic carbocycles. The van der Waals surface area contributed by atoms with E-state index in [1.165, 1.54) is 6.42 Å². The van der Waals surface area contributed by atoms with Gasteiger partial charge in [0.1, 0.15) is 0 Å². The maximum absolute atomic E-state index is 12.5. The van der Waals surface area contributed by atoms with Gasteiger partial charge in [0, 0.05) is 23.2 Å². The lowest BCUT2D eigenvalue weighted by molar-refractivity contribution is 0.0601. The number of hydrogen-bond acceptors (Lipinski definition) is 2.